The zero-order chi connectivity index (χ0) is 22.6. The van der Waals surface area contributed by atoms with Crippen molar-refractivity contribution in [1.82, 2.24) is 15.3 Å². The molecular weight excluding hydrogens is 420 g/mol. The molecule has 2 heterocycles. The standard InChI is InChI=1S/C22H29ClN4O4/c1-5-30-20(28)15-12-24-16-10-11-17(23)27-19(16)18(15)25-13-6-8-14(9-7-13)26-21(29)31-22(2,3)4/h10-14H,5-9H2,1-4H3,(H,24,25)(H,26,29). The fourth-order valence-corrected chi connectivity index (χ4v) is 3.76. The van der Waals surface area contributed by atoms with Gasteiger partial charge in [0.15, 0.2) is 0 Å². The lowest BCUT2D eigenvalue weighted by atomic mass is 9.91. The van der Waals surface area contributed by atoms with Gasteiger partial charge < -0.3 is 20.1 Å². The second-order valence-corrected chi connectivity index (χ2v) is 9.00. The maximum Gasteiger partial charge on any atom is 0.407 e. The van der Waals surface area contributed by atoms with Gasteiger partial charge in [-0.1, -0.05) is 11.6 Å². The van der Waals surface area contributed by atoms with Gasteiger partial charge in [0.2, 0.25) is 0 Å². The molecule has 0 unspecified atom stereocenters. The first-order chi connectivity index (χ1) is 14.7. The van der Waals surface area contributed by atoms with E-state index in [0.717, 1.165) is 25.7 Å². The number of carbonyl (C=O) groups is 2. The Morgan fingerprint density at radius 1 is 1.16 bits per heavy atom. The molecule has 8 nitrogen and oxygen atoms in total. The van der Waals surface area contributed by atoms with Gasteiger partial charge in [-0.15, -0.1) is 0 Å². The highest BCUT2D eigenvalue weighted by molar-refractivity contribution is 6.29. The van der Waals surface area contributed by atoms with Crippen LogP contribution in [0.1, 0.15) is 63.7 Å². The largest absolute Gasteiger partial charge is 0.462 e. The van der Waals surface area contributed by atoms with Gasteiger partial charge in [0.25, 0.3) is 0 Å². The van der Waals surface area contributed by atoms with Crippen LogP contribution in [0.15, 0.2) is 18.3 Å². The van der Waals surface area contributed by atoms with Crippen LogP contribution in [-0.2, 0) is 9.47 Å². The van der Waals surface area contributed by atoms with E-state index in [4.69, 9.17) is 21.1 Å². The number of fused-ring (bicyclic) bond motifs is 1. The molecule has 1 aliphatic rings. The van der Waals surface area contributed by atoms with Crippen molar-refractivity contribution < 1.29 is 19.1 Å². The number of hydrogen-bond donors (Lipinski definition) is 2. The molecular formula is C22H29ClN4O4. The normalized spacial score (nSPS) is 19.0. The highest BCUT2D eigenvalue weighted by Crippen LogP contribution is 2.30. The minimum atomic E-state index is -0.525. The summed E-state index contributed by atoms with van der Waals surface area (Å²) in [7, 11) is 0. The predicted molar refractivity (Wildman–Crippen MR) is 120 cm³/mol. The van der Waals surface area contributed by atoms with Crippen LogP contribution in [0, 0.1) is 0 Å². The summed E-state index contributed by atoms with van der Waals surface area (Å²) in [5, 5.41) is 6.73. The molecule has 2 aromatic heterocycles. The summed E-state index contributed by atoms with van der Waals surface area (Å²) in [5.41, 5.74) is 1.56. The molecule has 0 aromatic carbocycles. The molecule has 31 heavy (non-hydrogen) atoms. The molecule has 0 radical (unpaired) electrons. The van der Waals surface area contributed by atoms with Crippen LogP contribution >= 0.6 is 11.6 Å². The number of amides is 1. The van der Waals surface area contributed by atoms with Crippen molar-refractivity contribution in [3.05, 3.63) is 29.0 Å². The molecule has 0 saturated heterocycles. The zero-order valence-electron chi connectivity index (χ0n) is 18.3. The van der Waals surface area contributed by atoms with E-state index in [2.05, 4.69) is 20.6 Å². The summed E-state index contributed by atoms with van der Waals surface area (Å²) >= 11 is 6.10. The number of rotatable bonds is 5. The van der Waals surface area contributed by atoms with Gasteiger partial charge in [-0.25, -0.2) is 14.6 Å². The number of esters is 1. The molecule has 0 aliphatic heterocycles. The van der Waals surface area contributed by atoms with E-state index in [0.29, 0.717) is 27.4 Å². The number of pyridine rings is 2. The van der Waals surface area contributed by atoms with Gasteiger partial charge >= 0.3 is 12.1 Å². The topological polar surface area (TPSA) is 102 Å². The number of carbonyl (C=O) groups excluding carboxylic acids is 2. The smallest absolute Gasteiger partial charge is 0.407 e. The lowest BCUT2D eigenvalue weighted by Gasteiger charge is -2.31. The third-order valence-corrected chi connectivity index (χ3v) is 5.18. The average Bonchev–Trinajstić information content (AvgIpc) is 2.68. The third kappa shape index (κ3) is 6.19. The number of hydrogen-bond acceptors (Lipinski definition) is 7. The molecule has 3 rings (SSSR count). The second-order valence-electron chi connectivity index (χ2n) is 8.61. The zero-order valence-corrected chi connectivity index (χ0v) is 19.1. The first-order valence-corrected chi connectivity index (χ1v) is 10.9. The predicted octanol–water partition coefficient (Wildman–Crippen LogP) is 4.71. The molecule has 1 fully saturated rings. The van der Waals surface area contributed by atoms with Crippen molar-refractivity contribution in [2.75, 3.05) is 11.9 Å². The lowest BCUT2D eigenvalue weighted by Crippen LogP contribution is -2.42. The van der Waals surface area contributed by atoms with E-state index in [1.165, 1.54) is 6.20 Å². The van der Waals surface area contributed by atoms with Gasteiger partial charge in [0.1, 0.15) is 21.8 Å². The number of nitrogens with zero attached hydrogens (tertiary/aromatic N) is 2. The van der Waals surface area contributed by atoms with Crippen LogP contribution < -0.4 is 10.6 Å². The summed E-state index contributed by atoms with van der Waals surface area (Å²) in [4.78, 5) is 33.3. The van der Waals surface area contributed by atoms with Gasteiger partial charge in [-0.05, 0) is 65.5 Å². The minimum absolute atomic E-state index is 0.0548. The molecule has 0 spiro atoms. The van der Waals surface area contributed by atoms with Crippen LogP contribution in [0.3, 0.4) is 0 Å². The maximum absolute atomic E-state index is 12.5. The number of anilines is 1. The van der Waals surface area contributed by atoms with Crippen molar-refractivity contribution in [2.24, 2.45) is 0 Å². The van der Waals surface area contributed by atoms with E-state index >= 15 is 0 Å². The summed E-state index contributed by atoms with van der Waals surface area (Å²) in [6.07, 6.45) is 4.33. The molecule has 1 amide bonds. The molecule has 2 aromatic rings. The Kier molecular flexibility index (Phi) is 7.20. The minimum Gasteiger partial charge on any atom is -0.462 e. The molecule has 2 N–H and O–H groups in total. The maximum atomic E-state index is 12.5. The molecule has 0 bridgehead atoms. The van der Waals surface area contributed by atoms with Crippen LogP contribution in [0.5, 0.6) is 0 Å². The number of nitrogens with one attached hydrogen (secondary N) is 2. The van der Waals surface area contributed by atoms with E-state index in [-0.39, 0.29) is 18.7 Å². The van der Waals surface area contributed by atoms with Gasteiger partial charge in [-0.3, -0.25) is 4.98 Å². The average molecular weight is 449 g/mol. The number of halogens is 1. The molecule has 1 saturated carbocycles. The van der Waals surface area contributed by atoms with E-state index in [1.54, 1.807) is 19.1 Å². The Morgan fingerprint density at radius 3 is 2.48 bits per heavy atom. The van der Waals surface area contributed by atoms with Crippen molar-refractivity contribution in [3.8, 4) is 0 Å². The van der Waals surface area contributed by atoms with Gasteiger partial charge in [0.05, 0.1) is 17.8 Å². The Labute approximate surface area is 187 Å². The van der Waals surface area contributed by atoms with Crippen LogP contribution in [0.25, 0.3) is 11.0 Å². The van der Waals surface area contributed by atoms with Crippen LogP contribution in [0.2, 0.25) is 5.15 Å². The highest BCUT2D eigenvalue weighted by atomic mass is 35.5. The Bertz CT molecular complexity index is 952. The quantitative estimate of drug-likeness (QED) is 0.504. The van der Waals surface area contributed by atoms with Gasteiger partial charge in [-0.2, -0.15) is 0 Å². The lowest BCUT2D eigenvalue weighted by molar-refractivity contribution is 0.0488. The molecule has 1 aliphatic carbocycles. The van der Waals surface area contributed by atoms with E-state index in [1.807, 2.05) is 20.8 Å². The highest BCUT2D eigenvalue weighted by Gasteiger charge is 2.27. The van der Waals surface area contributed by atoms with Crippen LogP contribution in [-0.4, -0.2) is 46.3 Å². The first kappa shape index (κ1) is 23.1. The van der Waals surface area contributed by atoms with Gasteiger partial charge in [0, 0.05) is 18.3 Å². The Balaban J connectivity index is 1.73. The first-order valence-electron chi connectivity index (χ1n) is 10.5. The van der Waals surface area contributed by atoms with E-state index in [9.17, 15) is 9.59 Å². The summed E-state index contributed by atoms with van der Waals surface area (Å²) in [6, 6.07) is 3.60. The van der Waals surface area contributed by atoms with Crippen molar-refractivity contribution in [2.45, 2.75) is 71.1 Å². The van der Waals surface area contributed by atoms with Crippen LogP contribution in [0.4, 0.5) is 10.5 Å². The number of aromatic nitrogens is 2. The monoisotopic (exact) mass is 448 g/mol. The van der Waals surface area contributed by atoms with Crippen molar-refractivity contribution in [3.63, 3.8) is 0 Å². The summed E-state index contributed by atoms with van der Waals surface area (Å²) < 4.78 is 10.5. The Hall–Kier alpha value is -2.61. The van der Waals surface area contributed by atoms with Crippen molar-refractivity contribution in [1.29, 1.82) is 0 Å². The Morgan fingerprint density at radius 2 is 1.84 bits per heavy atom. The fourth-order valence-electron chi connectivity index (χ4n) is 3.61. The van der Waals surface area contributed by atoms with E-state index < -0.39 is 17.7 Å². The SMILES string of the molecule is CCOC(=O)c1cnc2ccc(Cl)nc2c1NC1CCC(NC(=O)OC(C)(C)C)CC1. The molecule has 0 atom stereocenters. The molecule has 168 valence electrons. The molecule has 9 heteroatoms. The fraction of sp³-hybridized carbons (Fsp3) is 0.545. The number of ether oxygens (including phenoxy) is 2. The summed E-state index contributed by atoms with van der Waals surface area (Å²) in [6.45, 7) is 7.55. The second kappa shape index (κ2) is 9.68. The third-order valence-electron chi connectivity index (χ3n) is 4.97. The van der Waals surface area contributed by atoms with Crippen molar-refractivity contribution >= 4 is 40.4 Å². The number of alkyl carbamates (subject to hydrolysis) is 1. The summed E-state index contributed by atoms with van der Waals surface area (Å²) in [5.74, 6) is -0.457.